The van der Waals surface area contributed by atoms with E-state index in [0.717, 1.165) is 11.1 Å². The Morgan fingerprint density at radius 2 is 1.49 bits per heavy atom. The molecule has 0 radical (unpaired) electrons. The number of nitrogens with one attached hydrogen (secondary N) is 1. The van der Waals surface area contributed by atoms with E-state index in [2.05, 4.69) is 5.32 Å². The topological polar surface area (TPSA) is 105 Å². The molecule has 1 saturated heterocycles. The molecule has 1 aliphatic rings. The van der Waals surface area contributed by atoms with Crippen molar-refractivity contribution in [1.29, 1.82) is 0 Å². The standard InChI is InChI=1S/C28H35N3O6/c1-20(2)17-24(29-21(3)32)26(33)30-15-10-16-31(30)28(35)37-25(18-22-11-6-4-7-12-22)27(34)36-19-23-13-8-5-9-14-23/h4-9,11-14,20,24-25H,10,15-19H2,1-3H3,(H,29,32)/t24-,25?/m0/s1. The number of nitrogens with zero attached hydrogens (tertiary/aromatic N) is 2. The molecule has 37 heavy (non-hydrogen) atoms. The van der Waals surface area contributed by atoms with Crippen molar-refractivity contribution >= 4 is 23.9 Å². The Morgan fingerprint density at radius 1 is 0.892 bits per heavy atom. The second kappa shape index (κ2) is 13.4. The zero-order valence-corrected chi connectivity index (χ0v) is 21.6. The molecule has 1 fully saturated rings. The van der Waals surface area contributed by atoms with E-state index < -0.39 is 24.2 Å². The van der Waals surface area contributed by atoms with E-state index in [9.17, 15) is 19.2 Å². The molecule has 2 aromatic carbocycles. The van der Waals surface area contributed by atoms with E-state index in [1.165, 1.54) is 16.9 Å². The predicted molar refractivity (Wildman–Crippen MR) is 137 cm³/mol. The average molecular weight is 510 g/mol. The number of amides is 3. The van der Waals surface area contributed by atoms with Gasteiger partial charge in [0.15, 0.2) is 0 Å². The van der Waals surface area contributed by atoms with E-state index in [1.807, 2.05) is 74.5 Å². The van der Waals surface area contributed by atoms with Crippen molar-refractivity contribution in [3.63, 3.8) is 0 Å². The summed E-state index contributed by atoms with van der Waals surface area (Å²) >= 11 is 0. The number of benzene rings is 2. The van der Waals surface area contributed by atoms with Crippen LogP contribution in [0.1, 0.15) is 44.7 Å². The first-order chi connectivity index (χ1) is 17.7. The molecule has 1 N–H and O–H groups in total. The summed E-state index contributed by atoms with van der Waals surface area (Å²) in [4.78, 5) is 51.2. The number of carbonyl (C=O) groups excluding carboxylic acids is 4. The summed E-state index contributed by atoms with van der Waals surface area (Å²) < 4.78 is 11.1. The molecule has 0 aromatic heterocycles. The Hall–Kier alpha value is -3.88. The third-order valence-electron chi connectivity index (χ3n) is 5.87. The van der Waals surface area contributed by atoms with Crippen LogP contribution >= 0.6 is 0 Å². The molecule has 3 amide bonds. The molecule has 0 aliphatic carbocycles. The van der Waals surface area contributed by atoms with Crippen LogP contribution in [0.5, 0.6) is 0 Å². The van der Waals surface area contributed by atoms with Gasteiger partial charge in [0.05, 0.1) is 0 Å². The first-order valence-electron chi connectivity index (χ1n) is 12.6. The van der Waals surface area contributed by atoms with Gasteiger partial charge in [0.2, 0.25) is 12.0 Å². The fourth-order valence-corrected chi connectivity index (χ4v) is 4.15. The highest BCUT2D eigenvalue weighted by atomic mass is 16.6. The first-order valence-corrected chi connectivity index (χ1v) is 12.6. The Kier molecular flexibility index (Phi) is 10.1. The lowest BCUT2D eigenvalue weighted by atomic mass is 10.0. The number of hydrazine groups is 1. The summed E-state index contributed by atoms with van der Waals surface area (Å²) in [5.74, 6) is -1.23. The van der Waals surface area contributed by atoms with Crippen LogP contribution in [0.2, 0.25) is 0 Å². The summed E-state index contributed by atoms with van der Waals surface area (Å²) in [5.41, 5.74) is 1.61. The van der Waals surface area contributed by atoms with Crippen molar-refractivity contribution in [2.24, 2.45) is 5.92 Å². The molecule has 9 nitrogen and oxygen atoms in total. The second-order valence-electron chi connectivity index (χ2n) is 9.48. The van der Waals surface area contributed by atoms with Gasteiger partial charge < -0.3 is 14.8 Å². The summed E-state index contributed by atoms with van der Waals surface area (Å²) in [7, 11) is 0. The lowest BCUT2D eigenvalue weighted by Gasteiger charge is -2.32. The van der Waals surface area contributed by atoms with Gasteiger partial charge >= 0.3 is 12.1 Å². The van der Waals surface area contributed by atoms with Crippen LogP contribution in [0.4, 0.5) is 4.79 Å². The maximum atomic E-state index is 13.3. The smallest absolute Gasteiger partial charge is 0.429 e. The highest BCUT2D eigenvalue weighted by Crippen LogP contribution is 2.19. The highest BCUT2D eigenvalue weighted by molar-refractivity contribution is 5.88. The molecular weight excluding hydrogens is 474 g/mol. The molecule has 198 valence electrons. The van der Waals surface area contributed by atoms with Gasteiger partial charge in [0, 0.05) is 26.4 Å². The Balaban J connectivity index is 1.72. The molecule has 0 spiro atoms. The minimum atomic E-state index is -1.20. The highest BCUT2D eigenvalue weighted by Gasteiger charge is 2.38. The summed E-state index contributed by atoms with van der Waals surface area (Å²) in [6.07, 6.45) is -0.895. The van der Waals surface area contributed by atoms with Crippen LogP contribution in [-0.2, 0) is 36.9 Å². The van der Waals surface area contributed by atoms with E-state index in [4.69, 9.17) is 9.47 Å². The number of ether oxygens (including phenoxy) is 2. The SMILES string of the molecule is CC(=O)N[C@@H](CC(C)C)C(=O)N1CCCN1C(=O)OC(Cc1ccccc1)C(=O)OCc1ccccc1. The third-order valence-corrected chi connectivity index (χ3v) is 5.87. The zero-order chi connectivity index (χ0) is 26.8. The zero-order valence-electron chi connectivity index (χ0n) is 21.6. The lowest BCUT2D eigenvalue weighted by molar-refractivity contribution is -0.157. The Morgan fingerprint density at radius 3 is 2.08 bits per heavy atom. The van der Waals surface area contributed by atoms with Crippen LogP contribution in [0.25, 0.3) is 0 Å². The van der Waals surface area contributed by atoms with Crippen LogP contribution in [0.3, 0.4) is 0 Å². The van der Waals surface area contributed by atoms with Crippen molar-refractivity contribution in [2.75, 3.05) is 13.1 Å². The minimum Gasteiger partial charge on any atom is -0.458 e. The number of rotatable bonds is 10. The van der Waals surface area contributed by atoms with Gasteiger partial charge in [-0.15, -0.1) is 0 Å². The summed E-state index contributed by atoms with van der Waals surface area (Å²) in [6, 6.07) is 17.7. The Labute approximate surface area is 217 Å². The molecular formula is C28H35N3O6. The summed E-state index contributed by atoms with van der Waals surface area (Å²) in [5, 5.41) is 5.20. The van der Waals surface area contributed by atoms with Crippen molar-refractivity contribution in [2.45, 2.75) is 58.8 Å². The molecule has 0 bridgehead atoms. The van der Waals surface area contributed by atoms with Gasteiger partial charge in [0.25, 0.3) is 5.91 Å². The average Bonchev–Trinajstić information content (AvgIpc) is 3.37. The molecule has 1 unspecified atom stereocenters. The van der Waals surface area contributed by atoms with Crippen LogP contribution in [0, 0.1) is 5.92 Å². The molecule has 1 aliphatic heterocycles. The lowest BCUT2D eigenvalue weighted by Crippen LogP contribution is -2.54. The monoisotopic (exact) mass is 509 g/mol. The van der Waals surface area contributed by atoms with Gasteiger partial charge in [-0.2, -0.15) is 0 Å². The van der Waals surface area contributed by atoms with E-state index in [1.54, 1.807) is 0 Å². The van der Waals surface area contributed by atoms with Crippen molar-refractivity contribution in [3.8, 4) is 0 Å². The molecule has 9 heteroatoms. The van der Waals surface area contributed by atoms with Crippen LogP contribution < -0.4 is 5.32 Å². The van der Waals surface area contributed by atoms with E-state index in [0.29, 0.717) is 19.4 Å². The number of hydrogen-bond donors (Lipinski definition) is 1. The fourth-order valence-electron chi connectivity index (χ4n) is 4.15. The van der Waals surface area contributed by atoms with Gasteiger partial charge in [-0.25, -0.2) is 19.6 Å². The van der Waals surface area contributed by atoms with E-state index in [-0.39, 0.29) is 37.3 Å². The minimum absolute atomic E-state index is 0.0461. The van der Waals surface area contributed by atoms with Crippen LogP contribution in [0.15, 0.2) is 60.7 Å². The molecule has 2 aromatic rings. The maximum Gasteiger partial charge on any atom is 0.429 e. The molecule has 3 rings (SSSR count). The van der Waals surface area contributed by atoms with Gasteiger partial charge in [-0.3, -0.25) is 9.59 Å². The van der Waals surface area contributed by atoms with Crippen molar-refractivity contribution in [3.05, 3.63) is 71.8 Å². The van der Waals surface area contributed by atoms with Crippen molar-refractivity contribution < 1.29 is 28.7 Å². The van der Waals surface area contributed by atoms with Crippen molar-refractivity contribution in [1.82, 2.24) is 15.3 Å². The van der Waals surface area contributed by atoms with Gasteiger partial charge in [-0.05, 0) is 29.9 Å². The van der Waals surface area contributed by atoms with Gasteiger partial charge in [0.1, 0.15) is 12.6 Å². The largest absolute Gasteiger partial charge is 0.458 e. The molecule has 1 heterocycles. The normalized spacial score (nSPS) is 14.7. The van der Waals surface area contributed by atoms with Gasteiger partial charge in [-0.1, -0.05) is 74.5 Å². The molecule has 2 atom stereocenters. The first kappa shape index (κ1) is 27.7. The summed E-state index contributed by atoms with van der Waals surface area (Å²) in [6.45, 7) is 5.87. The maximum absolute atomic E-state index is 13.3. The van der Waals surface area contributed by atoms with E-state index >= 15 is 0 Å². The number of esters is 1. The number of carbonyl (C=O) groups is 4. The predicted octanol–water partition coefficient (Wildman–Crippen LogP) is 3.48. The fraction of sp³-hybridized carbons (Fsp3) is 0.429. The third kappa shape index (κ3) is 8.34. The number of hydrogen-bond acceptors (Lipinski definition) is 6. The van der Waals surface area contributed by atoms with Crippen LogP contribution in [-0.4, -0.2) is 59.1 Å². The second-order valence-corrected chi connectivity index (χ2v) is 9.48. The Bertz CT molecular complexity index is 1060. The quantitative estimate of drug-likeness (QED) is 0.492. The molecule has 0 saturated carbocycles.